The SMILES string of the molecule is O=C1CCC(N2Cc3cc(-c4cc(CN5CC6CCC(C5)O6)ccn4)ccc3C2=O)C(=O)N1. The largest absolute Gasteiger partial charge is 0.372 e. The molecule has 1 N–H and O–H groups in total. The Labute approximate surface area is 191 Å². The normalized spacial score (nSPS) is 27.1. The maximum absolute atomic E-state index is 12.9. The van der Waals surface area contributed by atoms with E-state index in [9.17, 15) is 14.4 Å². The molecule has 2 bridgehead atoms. The summed E-state index contributed by atoms with van der Waals surface area (Å²) in [4.78, 5) is 45.3. The van der Waals surface area contributed by atoms with Crippen LogP contribution in [0.5, 0.6) is 0 Å². The molecule has 1 aromatic heterocycles. The lowest BCUT2D eigenvalue weighted by Crippen LogP contribution is -2.52. The first kappa shape index (κ1) is 20.5. The number of nitrogens with one attached hydrogen (secondary N) is 1. The second-order valence-corrected chi connectivity index (χ2v) is 9.47. The topological polar surface area (TPSA) is 91.8 Å². The zero-order chi connectivity index (χ0) is 22.5. The van der Waals surface area contributed by atoms with Gasteiger partial charge in [-0.05, 0) is 54.7 Å². The summed E-state index contributed by atoms with van der Waals surface area (Å²) in [5.41, 5.74) is 4.54. The molecule has 0 radical (unpaired) electrons. The van der Waals surface area contributed by atoms with Crippen LogP contribution in [0, 0.1) is 0 Å². The van der Waals surface area contributed by atoms with Crippen molar-refractivity contribution in [1.29, 1.82) is 0 Å². The molecule has 0 spiro atoms. The molecule has 33 heavy (non-hydrogen) atoms. The van der Waals surface area contributed by atoms with Gasteiger partial charge in [0.15, 0.2) is 0 Å². The molecule has 5 heterocycles. The molecule has 4 aliphatic heterocycles. The molecular formula is C25H26N4O4. The first-order valence-corrected chi connectivity index (χ1v) is 11.6. The summed E-state index contributed by atoms with van der Waals surface area (Å²) in [6, 6.07) is 9.33. The van der Waals surface area contributed by atoms with Gasteiger partial charge in [-0.15, -0.1) is 0 Å². The maximum Gasteiger partial charge on any atom is 0.255 e. The number of benzene rings is 1. The van der Waals surface area contributed by atoms with Crippen LogP contribution in [0.2, 0.25) is 0 Å². The zero-order valence-corrected chi connectivity index (χ0v) is 18.3. The van der Waals surface area contributed by atoms with Crippen LogP contribution in [0.15, 0.2) is 36.5 Å². The number of hydrogen-bond donors (Lipinski definition) is 1. The third-order valence-corrected chi connectivity index (χ3v) is 7.17. The van der Waals surface area contributed by atoms with Gasteiger partial charge in [0.1, 0.15) is 6.04 Å². The minimum Gasteiger partial charge on any atom is -0.372 e. The van der Waals surface area contributed by atoms with Crippen molar-refractivity contribution in [2.45, 2.75) is 57.0 Å². The first-order chi connectivity index (χ1) is 16.0. The quantitative estimate of drug-likeness (QED) is 0.721. The molecule has 0 saturated carbocycles. The molecule has 4 aliphatic rings. The average molecular weight is 447 g/mol. The summed E-state index contributed by atoms with van der Waals surface area (Å²) < 4.78 is 5.95. The highest BCUT2D eigenvalue weighted by molar-refractivity contribution is 6.05. The number of carbonyl (C=O) groups is 3. The summed E-state index contributed by atoms with van der Waals surface area (Å²) in [5.74, 6) is -0.827. The summed E-state index contributed by atoms with van der Waals surface area (Å²) in [5, 5.41) is 2.35. The molecule has 3 unspecified atom stereocenters. The predicted octanol–water partition coefficient (Wildman–Crippen LogP) is 1.87. The van der Waals surface area contributed by atoms with Crippen molar-refractivity contribution in [2.75, 3.05) is 13.1 Å². The van der Waals surface area contributed by atoms with Crippen molar-refractivity contribution >= 4 is 17.7 Å². The molecule has 2 aromatic rings. The maximum atomic E-state index is 12.9. The van der Waals surface area contributed by atoms with Crippen LogP contribution in [0.25, 0.3) is 11.3 Å². The number of fused-ring (bicyclic) bond motifs is 3. The Balaban J connectivity index is 1.20. The Morgan fingerprint density at radius 1 is 1.03 bits per heavy atom. The predicted molar refractivity (Wildman–Crippen MR) is 119 cm³/mol. The van der Waals surface area contributed by atoms with E-state index in [1.54, 1.807) is 4.90 Å². The Morgan fingerprint density at radius 2 is 1.85 bits per heavy atom. The average Bonchev–Trinajstić information content (AvgIpc) is 3.32. The number of morpholine rings is 1. The highest BCUT2D eigenvalue weighted by Gasteiger charge is 2.39. The van der Waals surface area contributed by atoms with E-state index in [2.05, 4.69) is 27.3 Å². The number of rotatable bonds is 4. The second kappa shape index (κ2) is 8.04. The van der Waals surface area contributed by atoms with Gasteiger partial charge in [0, 0.05) is 49.9 Å². The monoisotopic (exact) mass is 446 g/mol. The van der Waals surface area contributed by atoms with E-state index in [4.69, 9.17) is 4.74 Å². The number of hydrogen-bond acceptors (Lipinski definition) is 6. The molecule has 1 aromatic carbocycles. The van der Waals surface area contributed by atoms with Gasteiger partial charge in [-0.2, -0.15) is 0 Å². The van der Waals surface area contributed by atoms with Gasteiger partial charge < -0.3 is 9.64 Å². The molecule has 8 nitrogen and oxygen atoms in total. The van der Waals surface area contributed by atoms with Crippen LogP contribution in [-0.2, 0) is 27.4 Å². The fourth-order valence-corrected chi connectivity index (χ4v) is 5.55. The van der Waals surface area contributed by atoms with Crippen LogP contribution in [-0.4, -0.2) is 63.8 Å². The van der Waals surface area contributed by atoms with E-state index in [-0.39, 0.29) is 18.2 Å². The minimum absolute atomic E-state index is 0.158. The number of nitrogens with zero attached hydrogens (tertiary/aromatic N) is 3. The summed E-state index contributed by atoms with van der Waals surface area (Å²) in [7, 11) is 0. The van der Waals surface area contributed by atoms with Crippen LogP contribution >= 0.6 is 0 Å². The van der Waals surface area contributed by atoms with Gasteiger partial charge in [0.2, 0.25) is 11.8 Å². The molecule has 8 heteroatoms. The van der Waals surface area contributed by atoms with E-state index in [0.29, 0.717) is 30.7 Å². The van der Waals surface area contributed by atoms with Crippen molar-refractivity contribution in [2.24, 2.45) is 0 Å². The Morgan fingerprint density at radius 3 is 2.64 bits per heavy atom. The number of pyridine rings is 1. The standard InChI is InChI=1S/C25H26N4O4/c30-23-6-5-22(24(31)27-23)29-12-17-10-16(1-4-20(17)25(29)32)21-9-15(7-8-26-21)11-28-13-18-2-3-19(14-28)33-18/h1,4,7-10,18-19,22H,2-3,5-6,11-14H2,(H,27,30,31). The fourth-order valence-electron chi connectivity index (χ4n) is 5.55. The number of carbonyl (C=O) groups excluding carboxylic acids is 3. The lowest BCUT2D eigenvalue weighted by atomic mass is 10.0. The summed E-state index contributed by atoms with van der Waals surface area (Å²) in [6.45, 7) is 3.19. The van der Waals surface area contributed by atoms with Gasteiger partial charge in [-0.25, -0.2) is 0 Å². The van der Waals surface area contributed by atoms with Gasteiger partial charge >= 0.3 is 0 Å². The van der Waals surface area contributed by atoms with Crippen molar-refractivity contribution in [1.82, 2.24) is 20.1 Å². The highest BCUT2D eigenvalue weighted by Crippen LogP contribution is 2.31. The van der Waals surface area contributed by atoms with Crippen LogP contribution in [0.3, 0.4) is 0 Å². The first-order valence-electron chi connectivity index (χ1n) is 11.6. The molecule has 3 amide bonds. The molecule has 3 atom stereocenters. The zero-order valence-electron chi connectivity index (χ0n) is 18.3. The van der Waals surface area contributed by atoms with Crippen molar-refractivity contribution < 1.29 is 19.1 Å². The number of likely N-dealkylation sites (tertiary alicyclic amines) is 1. The number of imide groups is 1. The summed E-state index contributed by atoms with van der Waals surface area (Å²) in [6.07, 6.45) is 5.51. The molecule has 3 fully saturated rings. The van der Waals surface area contributed by atoms with Gasteiger partial charge in [0.05, 0.1) is 17.9 Å². The van der Waals surface area contributed by atoms with E-state index in [1.807, 2.05) is 24.4 Å². The number of piperidine rings is 1. The van der Waals surface area contributed by atoms with E-state index in [0.717, 1.165) is 49.3 Å². The molecule has 6 rings (SSSR count). The van der Waals surface area contributed by atoms with Crippen LogP contribution < -0.4 is 5.32 Å². The Kier molecular flexibility index (Phi) is 4.99. The number of amides is 3. The highest BCUT2D eigenvalue weighted by atomic mass is 16.5. The van der Waals surface area contributed by atoms with E-state index in [1.165, 1.54) is 5.56 Å². The lowest BCUT2D eigenvalue weighted by Gasteiger charge is -2.32. The van der Waals surface area contributed by atoms with E-state index >= 15 is 0 Å². The third-order valence-electron chi connectivity index (χ3n) is 7.17. The lowest BCUT2D eigenvalue weighted by molar-refractivity contribution is -0.136. The molecular weight excluding hydrogens is 420 g/mol. The van der Waals surface area contributed by atoms with Crippen molar-refractivity contribution in [3.63, 3.8) is 0 Å². The van der Waals surface area contributed by atoms with Gasteiger partial charge in [-0.1, -0.05) is 6.07 Å². The molecule has 0 aliphatic carbocycles. The Bertz CT molecular complexity index is 1140. The van der Waals surface area contributed by atoms with E-state index < -0.39 is 11.9 Å². The third kappa shape index (κ3) is 3.83. The molecule has 170 valence electrons. The summed E-state index contributed by atoms with van der Waals surface area (Å²) >= 11 is 0. The van der Waals surface area contributed by atoms with Gasteiger partial charge in [-0.3, -0.25) is 29.6 Å². The smallest absolute Gasteiger partial charge is 0.255 e. The second-order valence-electron chi connectivity index (χ2n) is 9.47. The van der Waals surface area contributed by atoms with Crippen molar-refractivity contribution in [3.8, 4) is 11.3 Å². The fraction of sp³-hybridized carbons (Fsp3) is 0.440. The van der Waals surface area contributed by atoms with Gasteiger partial charge in [0.25, 0.3) is 5.91 Å². The molecule has 3 saturated heterocycles. The van der Waals surface area contributed by atoms with Crippen LogP contribution in [0.4, 0.5) is 0 Å². The minimum atomic E-state index is -0.601. The number of ether oxygens (including phenoxy) is 1. The Hall–Kier alpha value is -3.10. The van der Waals surface area contributed by atoms with Crippen molar-refractivity contribution in [3.05, 3.63) is 53.2 Å². The van der Waals surface area contributed by atoms with Crippen LogP contribution in [0.1, 0.15) is 47.2 Å². The number of aromatic nitrogens is 1.